The molecule has 3 heteroatoms. The van der Waals surface area contributed by atoms with Crippen LogP contribution in [0.4, 0.5) is 5.69 Å². The second-order valence-electron chi connectivity index (χ2n) is 3.78. The first-order valence-electron chi connectivity index (χ1n) is 5.25. The number of nitrogens with zero attached hydrogens (tertiary/aromatic N) is 1. The van der Waals surface area contributed by atoms with Crippen molar-refractivity contribution < 1.29 is 4.79 Å². The van der Waals surface area contributed by atoms with Crippen LogP contribution in [-0.2, 0) is 4.79 Å². The second-order valence-corrected chi connectivity index (χ2v) is 4.70. The Morgan fingerprint density at radius 1 is 1.06 bits per heavy atom. The number of hydrogen-bond acceptors (Lipinski definition) is 1. The normalized spacial score (nSPS) is 10.0. The fourth-order valence-corrected chi connectivity index (χ4v) is 2.12. The molecule has 2 aromatic rings. The Hall–Kier alpha value is -1.61. The van der Waals surface area contributed by atoms with E-state index in [0.29, 0.717) is 0 Å². The van der Waals surface area contributed by atoms with E-state index < -0.39 is 0 Å². The zero-order valence-electron chi connectivity index (χ0n) is 9.43. The quantitative estimate of drug-likeness (QED) is 0.789. The molecule has 0 heterocycles. The molecule has 0 aliphatic rings. The van der Waals surface area contributed by atoms with E-state index in [1.807, 2.05) is 48.5 Å². The first kappa shape index (κ1) is 11.9. The van der Waals surface area contributed by atoms with E-state index in [1.54, 1.807) is 11.9 Å². The van der Waals surface area contributed by atoms with Crippen LogP contribution in [0.3, 0.4) is 0 Å². The standard InChI is InChI=1S/C14H12BrNO/c1-16(10-17)14-8-12(7-13(15)9-14)11-5-3-2-4-6-11/h2-10H,1H3. The highest BCUT2D eigenvalue weighted by Crippen LogP contribution is 2.28. The van der Waals surface area contributed by atoms with E-state index in [9.17, 15) is 4.79 Å². The van der Waals surface area contributed by atoms with Gasteiger partial charge in [-0.2, -0.15) is 0 Å². The summed E-state index contributed by atoms with van der Waals surface area (Å²) in [5, 5.41) is 0. The van der Waals surface area contributed by atoms with Crippen LogP contribution in [0.25, 0.3) is 11.1 Å². The third kappa shape index (κ3) is 2.74. The lowest BCUT2D eigenvalue weighted by molar-refractivity contribution is -0.107. The molecule has 17 heavy (non-hydrogen) atoms. The van der Waals surface area contributed by atoms with Crippen molar-refractivity contribution in [2.75, 3.05) is 11.9 Å². The Balaban J connectivity index is 2.49. The van der Waals surface area contributed by atoms with Crippen molar-refractivity contribution in [1.29, 1.82) is 0 Å². The lowest BCUT2D eigenvalue weighted by Gasteiger charge is -2.13. The Kier molecular flexibility index (Phi) is 3.59. The maximum absolute atomic E-state index is 10.8. The summed E-state index contributed by atoms with van der Waals surface area (Å²) < 4.78 is 0.961. The maximum Gasteiger partial charge on any atom is 0.213 e. The highest BCUT2D eigenvalue weighted by molar-refractivity contribution is 9.10. The Bertz CT molecular complexity index is 525. The monoisotopic (exact) mass is 289 g/mol. The van der Waals surface area contributed by atoms with Gasteiger partial charge in [-0.3, -0.25) is 4.79 Å². The molecule has 2 nitrogen and oxygen atoms in total. The van der Waals surface area contributed by atoms with Gasteiger partial charge in [-0.1, -0.05) is 46.3 Å². The van der Waals surface area contributed by atoms with Crippen molar-refractivity contribution in [2.45, 2.75) is 0 Å². The average Bonchev–Trinajstić information content (AvgIpc) is 2.38. The summed E-state index contributed by atoms with van der Waals surface area (Å²) in [5.74, 6) is 0. The van der Waals surface area contributed by atoms with Gasteiger partial charge in [0, 0.05) is 17.2 Å². The molecule has 1 amide bonds. The molecule has 0 fully saturated rings. The Morgan fingerprint density at radius 2 is 1.76 bits per heavy atom. The number of carbonyl (C=O) groups excluding carboxylic acids is 1. The summed E-state index contributed by atoms with van der Waals surface area (Å²) in [5.41, 5.74) is 3.09. The van der Waals surface area contributed by atoms with Gasteiger partial charge in [-0.25, -0.2) is 0 Å². The van der Waals surface area contributed by atoms with Crippen molar-refractivity contribution in [3.8, 4) is 11.1 Å². The van der Waals surface area contributed by atoms with Crippen molar-refractivity contribution in [3.63, 3.8) is 0 Å². The molecule has 0 aliphatic heterocycles. The molecule has 2 rings (SSSR count). The predicted octanol–water partition coefficient (Wildman–Crippen LogP) is 3.71. The molecular formula is C14H12BrNO. The smallest absolute Gasteiger partial charge is 0.213 e. The largest absolute Gasteiger partial charge is 0.318 e. The van der Waals surface area contributed by atoms with Gasteiger partial charge in [-0.15, -0.1) is 0 Å². The van der Waals surface area contributed by atoms with Crippen LogP contribution in [0.5, 0.6) is 0 Å². The molecule has 0 radical (unpaired) electrons. The molecule has 86 valence electrons. The lowest BCUT2D eigenvalue weighted by atomic mass is 10.1. The van der Waals surface area contributed by atoms with Crippen LogP contribution in [0, 0.1) is 0 Å². The van der Waals surface area contributed by atoms with Gasteiger partial charge in [0.05, 0.1) is 0 Å². The number of rotatable bonds is 3. The van der Waals surface area contributed by atoms with Crippen LogP contribution in [0.2, 0.25) is 0 Å². The molecule has 0 saturated heterocycles. The molecule has 0 aliphatic carbocycles. The second kappa shape index (κ2) is 5.15. The molecule has 0 spiro atoms. The number of benzene rings is 2. The number of carbonyl (C=O) groups is 1. The SMILES string of the molecule is CN(C=O)c1cc(Br)cc(-c2ccccc2)c1. The van der Waals surface area contributed by atoms with Gasteiger partial charge in [-0.05, 0) is 29.3 Å². The zero-order chi connectivity index (χ0) is 12.3. The molecule has 0 bridgehead atoms. The minimum atomic E-state index is 0.802. The van der Waals surface area contributed by atoms with E-state index in [0.717, 1.165) is 27.7 Å². The minimum absolute atomic E-state index is 0.802. The summed E-state index contributed by atoms with van der Waals surface area (Å²) in [6.45, 7) is 0. The van der Waals surface area contributed by atoms with Crippen molar-refractivity contribution in [1.82, 2.24) is 0 Å². The van der Waals surface area contributed by atoms with E-state index in [4.69, 9.17) is 0 Å². The maximum atomic E-state index is 10.8. The van der Waals surface area contributed by atoms with Gasteiger partial charge in [0.25, 0.3) is 0 Å². The zero-order valence-corrected chi connectivity index (χ0v) is 11.0. The molecule has 0 saturated carbocycles. The number of hydrogen-bond donors (Lipinski definition) is 0. The fraction of sp³-hybridized carbons (Fsp3) is 0.0714. The number of amides is 1. The topological polar surface area (TPSA) is 20.3 Å². The van der Waals surface area contributed by atoms with E-state index >= 15 is 0 Å². The third-order valence-corrected chi connectivity index (χ3v) is 3.01. The average molecular weight is 290 g/mol. The third-order valence-electron chi connectivity index (χ3n) is 2.56. The van der Waals surface area contributed by atoms with E-state index in [2.05, 4.69) is 15.9 Å². The molecular weight excluding hydrogens is 278 g/mol. The number of anilines is 1. The van der Waals surface area contributed by atoms with Crippen LogP contribution in [-0.4, -0.2) is 13.5 Å². The molecule has 0 N–H and O–H groups in total. The summed E-state index contributed by atoms with van der Waals surface area (Å²) in [6, 6.07) is 16.0. The molecule has 2 aromatic carbocycles. The van der Waals surface area contributed by atoms with Gasteiger partial charge in [0.1, 0.15) is 0 Å². The summed E-state index contributed by atoms with van der Waals surface area (Å²) in [4.78, 5) is 12.3. The summed E-state index contributed by atoms with van der Waals surface area (Å²) >= 11 is 3.47. The van der Waals surface area contributed by atoms with Crippen molar-refractivity contribution in [2.24, 2.45) is 0 Å². The summed E-state index contributed by atoms with van der Waals surface area (Å²) in [7, 11) is 1.74. The first-order chi connectivity index (χ1) is 8.20. The van der Waals surface area contributed by atoms with Crippen molar-refractivity contribution in [3.05, 3.63) is 53.0 Å². The van der Waals surface area contributed by atoms with Crippen LogP contribution in [0.15, 0.2) is 53.0 Å². The minimum Gasteiger partial charge on any atom is -0.318 e. The molecule has 0 atom stereocenters. The lowest BCUT2D eigenvalue weighted by Crippen LogP contribution is -2.13. The van der Waals surface area contributed by atoms with E-state index in [1.165, 1.54) is 0 Å². The van der Waals surface area contributed by atoms with E-state index in [-0.39, 0.29) is 0 Å². The molecule has 0 unspecified atom stereocenters. The first-order valence-corrected chi connectivity index (χ1v) is 6.04. The van der Waals surface area contributed by atoms with Crippen LogP contribution >= 0.6 is 15.9 Å². The molecule has 0 aromatic heterocycles. The fourth-order valence-electron chi connectivity index (χ4n) is 1.64. The van der Waals surface area contributed by atoms with Gasteiger partial charge in [0.2, 0.25) is 6.41 Å². The highest BCUT2D eigenvalue weighted by atomic mass is 79.9. The van der Waals surface area contributed by atoms with Gasteiger partial charge in [0.15, 0.2) is 0 Å². The van der Waals surface area contributed by atoms with Crippen molar-refractivity contribution >= 4 is 28.0 Å². The van der Waals surface area contributed by atoms with Crippen LogP contribution < -0.4 is 4.90 Å². The Morgan fingerprint density at radius 3 is 2.41 bits per heavy atom. The number of halogens is 1. The van der Waals surface area contributed by atoms with Gasteiger partial charge >= 0.3 is 0 Å². The predicted molar refractivity (Wildman–Crippen MR) is 74.0 cm³/mol. The van der Waals surface area contributed by atoms with Gasteiger partial charge < -0.3 is 4.90 Å². The Labute approximate surface area is 109 Å². The summed E-state index contributed by atoms with van der Waals surface area (Å²) in [6.07, 6.45) is 0.802. The highest BCUT2D eigenvalue weighted by Gasteiger charge is 2.04. The van der Waals surface area contributed by atoms with Crippen LogP contribution in [0.1, 0.15) is 0 Å².